The number of likely N-dealkylation sites (tertiary alicyclic amines) is 1. The first-order chi connectivity index (χ1) is 12.3. The van der Waals surface area contributed by atoms with Crippen molar-refractivity contribution in [2.45, 2.75) is 53.0 Å². The molecule has 0 aromatic carbocycles. The SMILES string of the molecule is CCc1[nH]c(C(=O)N2CCCC(NC(=O)C(C)C)C2)c(C)c1C(=O)OC. The smallest absolute Gasteiger partial charge is 0.339 e. The van der Waals surface area contributed by atoms with Crippen molar-refractivity contribution < 1.29 is 19.1 Å². The van der Waals surface area contributed by atoms with Crippen LogP contribution in [0.2, 0.25) is 0 Å². The second-order valence-electron chi connectivity index (χ2n) is 7.08. The van der Waals surface area contributed by atoms with Gasteiger partial charge in [0.25, 0.3) is 5.91 Å². The highest BCUT2D eigenvalue weighted by molar-refractivity contribution is 6.00. The number of nitrogens with one attached hydrogen (secondary N) is 2. The molecule has 1 aromatic heterocycles. The Balaban J connectivity index is 2.19. The lowest BCUT2D eigenvalue weighted by Crippen LogP contribution is -2.50. The van der Waals surface area contributed by atoms with Gasteiger partial charge in [-0.3, -0.25) is 9.59 Å². The zero-order valence-corrected chi connectivity index (χ0v) is 16.3. The second kappa shape index (κ2) is 8.38. The van der Waals surface area contributed by atoms with E-state index in [9.17, 15) is 14.4 Å². The molecule has 0 saturated carbocycles. The number of amides is 2. The van der Waals surface area contributed by atoms with Gasteiger partial charge in [0.15, 0.2) is 0 Å². The molecule has 1 atom stereocenters. The van der Waals surface area contributed by atoms with Crippen molar-refractivity contribution in [1.29, 1.82) is 0 Å². The monoisotopic (exact) mass is 363 g/mol. The van der Waals surface area contributed by atoms with Crippen molar-refractivity contribution in [3.05, 3.63) is 22.5 Å². The standard InChI is InChI=1S/C19H29N3O4/c1-6-14-15(19(25)26-5)12(4)16(21-14)18(24)22-9-7-8-13(10-22)20-17(23)11(2)3/h11,13,21H,6-10H2,1-5H3,(H,20,23). The van der Waals surface area contributed by atoms with Gasteiger partial charge in [0, 0.05) is 30.7 Å². The lowest BCUT2D eigenvalue weighted by atomic mass is 10.0. The van der Waals surface area contributed by atoms with E-state index in [1.54, 1.807) is 11.8 Å². The molecule has 2 N–H and O–H groups in total. The summed E-state index contributed by atoms with van der Waals surface area (Å²) < 4.78 is 4.85. The van der Waals surface area contributed by atoms with E-state index in [0.29, 0.717) is 42.0 Å². The van der Waals surface area contributed by atoms with E-state index in [0.717, 1.165) is 12.8 Å². The van der Waals surface area contributed by atoms with E-state index in [-0.39, 0.29) is 23.8 Å². The summed E-state index contributed by atoms with van der Waals surface area (Å²) in [6, 6.07) is -0.0383. The summed E-state index contributed by atoms with van der Waals surface area (Å²) in [6.45, 7) is 8.50. The molecule has 0 aliphatic carbocycles. The number of methoxy groups -OCH3 is 1. The maximum Gasteiger partial charge on any atom is 0.339 e. The first-order valence-corrected chi connectivity index (χ1v) is 9.19. The number of ether oxygens (including phenoxy) is 1. The highest BCUT2D eigenvalue weighted by Gasteiger charge is 2.30. The molecule has 1 aliphatic heterocycles. The number of hydrogen-bond donors (Lipinski definition) is 2. The second-order valence-corrected chi connectivity index (χ2v) is 7.08. The average Bonchev–Trinajstić information content (AvgIpc) is 2.97. The maximum absolute atomic E-state index is 13.0. The van der Waals surface area contributed by atoms with Crippen LogP contribution in [0.15, 0.2) is 0 Å². The van der Waals surface area contributed by atoms with E-state index in [1.807, 2.05) is 20.8 Å². The largest absolute Gasteiger partial charge is 0.465 e. The van der Waals surface area contributed by atoms with Gasteiger partial charge in [-0.2, -0.15) is 0 Å². The zero-order chi connectivity index (χ0) is 19.4. The highest BCUT2D eigenvalue weighted by atomic mass is 16.5. The first-order valence-electron chi connectivity index (χ1n) is 9.19. The third-order valence-corrected chi connectivity index (χ3v) is 4.86. The average molecular weight is 363 g/mol. The number of aromatic amines is 1. The molecule has 2 amide bonds. The summed E-state index contributed by atoms with van der Waals surface area (Å²) in [6.07, 6.45) is 2.30. The number of rotatable bonds is 5. The first kappa shape index (κ1) is 20.0. The van der Waals surface area contributed by atoms with Crippen molar-refractivity contribution in [3.63, 3.8) is 0 Å². The van der Waals surface area contributed by atoms with Crippen LogP contribution in [0.3, 0.4) is 0 Å². The minimum absolute atomic E-state index is 0.00148. The Bertz CT molecular complexity index is 693. The number of esters is 1. The minimum Gasteiger partial charge on any atom is -0.465 e. The Morgan fingerprint density at radius 3 is 2.62 bits per heavy atom. The molecular weight excluding hydrogens is 334 g/mol. The predicted molar refractivity (Wildman–Crippen MR) is 98.2 cm³/mol. The molecule has 2 heterocycles. The summed E-state index contributed by atoms with van der Waals surface area (Å²) in [7, 11) is 1.34. The highest BCUT2D eigenvalue weighted by Crippen LogP contribution is 2.23. The third kappa shape index (κ3) is 4.08. The minimum atomic E-state index is -0.435. The van der Waals surface area contributed by atoms with Crippen molar-refractivity contribution in [1.82, 2.24) is 15.2 Å². The number of carbonyl (C=O) groups is 3. The van der Waals surface area contributed by atoms with Crippen molar-refractivity contribution in [3.8, 4) is 0 Å². The van der Waals surface area contributed by atoms with Crippen molar-refractivity contribution >= 4 is 17.8 Å². The number of piperidine rings is 1. The van der Waals surface area contributed by atoms with Gasteiger partial charge in [-0.05, 0) is 31.7 Å². The molecular formula is C19H29N3O4. The summed E-state index contributed by atoms with van der Waals surface area (Å²) in [5, 5.41) is 3.01. The van der Waals surface area contributed by atoms with E-state index in [4.69, 9.17) is 4.74 Å². The molecule has 144 valence electrons. The topological polar surface area (TPSA) is 91.5 Å². The Kier molecular flexibility index (Phi) is 6.45. The van der Waals surface area contributed by atoms with Crippen molar-refractivity contribution in [2.75, 3.05) is 20.2 Å². The fourth-order valence-electron chi connectivity index (χ4n) is 3.32. The number of carbonyl (C=O) groups excluding carboxylic acids is 3. The van der Waals surface area contributed by atoms with Crippen LogP contribution in [0, 0.1) is 12.8 Å². The Morgan fingerprint density at radius 2 is 2.04 bits per heavy atom. The fraction of sp³-hybridized carbons (Fsp3) is 0.632. The van der Waals surface area contributed by atoms with Gasteiger partial charge in [-0.25, -0.2) is 4.79 Å². The molecule has 1 saturated heterocycles. The van der Waals surface area contributed by atoms with E-state index in [1.165, 1.54) is 7.11 Å². The Hall–Kier alpha value is -2.31. The molecule has 7 heteroatoms. The van der Waals surface area contributed by atoms with E-state index < -0.39 is 5.97 Å². The molecule has 1 fully saturated rings. The molecule has 2 rings (SSSR count). The maximum atomic E-state index is 13.0. The van der Waals surface area contributed by atoms with Gasteiger partial charge in [0.05, 0.1) is 12.7 Å². The lowest BCUT2D eigenvalue weighted by molar-refractivity contribution is -0.125. The van der Waals surface area contributed by atoms with Gasteiger partial charge >= 0.3 is 5.97 Å². The number of H-pyrrole nitrogens is 1. The normalized spacial score (nSPS) is 17.3. The third-order valence-electron chi connectivity index (χ3n) is 4.86. The van der Waals surface area contributed by atoms with Gasteiger partial charge in [-0.15, -0.1) is 0 Å². The van der Waals surface area contributed by atoms with E-state index in [2.05, 4.69) is 10.3 Å². The van der Waals surface area contributed by atoms with Gasteiger partial charge < -0.3 is 19.9 Å². The van der Waals surface area contributed by atoms with Crippen molar-refractivity contribution in [2.24, 2.45) is 5.92 Å². The predicted octanol–water partition coefficient (Wildman–Crippen LogP) is 2.05. The molecule has 26 heavy (non-hydrogen) atoms. The fourth-order valence-corrected chi connectivity index (χ4v) is 3.32. The molecule has 1 unspecified atom stereocenters. The summed E-state index contributed by atoms with van der Waals surface area (Å²) >= 11 is 0. The van der Waals surface area contributed by atoms with Crippen LogP contribution in [0.4, 0.5) is 0 Å². The molecule has 0 radical (unpaired) electrons. The van der Waals surface area contributed by atoms with Gasteiger partial charge in [0.2, 0.25) is 5.91 Å². The Morgan fingerprint density at radius 1 is 1.35 bits per heavy atom. The van der Waals surface area contributed by atoms with E-state index >= 15 is 0 Å². The summed E-state index contributed by atoms with van der Waals surface area (Å²) in [5.41, 5.74) is 2.20. The summed E-state index contributed by atoms with van der Waals surface area (Å²) in [5.74, 6) is -0.658. The molecule has 1 aliphatic rings. The Labute approximate surface area is 154 Å². The molecule has 1 aromatic rings. The van der Waals surface area contributed by atoms with Crippen LogP contribution in [0.5, 0.6) is 0 Å². The lowest BCUT2D eigenvalue weighted by Gasteiger charge is -2.33. The number of aromatic nitrogens is 1. The van der Waals surface area contributed by atoms with Gasteiger partial charge in [0.1, 0.15) is 5.69 Å². The zero-order valence-electron chi connectivity index (χ0n) is 16.3. The van der Waals surface area contributed by atoms with Gasteiger partial charge in [-0.1, -0.05) is 20.8 Å². The summed E-state index contributed by atoms with van der Waals surface area (Å²) in [4.78, 5) is 41.8. The molecule has 0 spiro atoms. The number of aryl methyl sites for hydroxylation is 1. The quantitative estimate of drug-likeness (QED) is 0.783. The number of nitrogens with zero attached hydrogens (tertiary/aromatic N) is 1. The van der Waals surface area contributed by atoms with Crippen LogP contribution < -0.4 is 5.32 Å². The number of hydrogen-bond acceptors (Lipinski definition) is 4. The van der Waals surface area contributed by atoms with Crippen LogP contribution in [-0.4, -0.2) is 53.9 Å². The van der Waals surface area contributed by atoms with Crippen LogP contribution in [0.25, 0.3) is 0 Å². The van der Waals surface area contributed by atoms with Crippen LogP contribution >= 0.6 is 0 Å². The molecule has 0 bridgehead atoms. The molecule has 7 nitrogen and oxygen atoms in total. The van der Waals surface area contributed by atoms with Crippen LogP contribution in [0.1, 0.15) is 65.7 Å². The van der Waals surface area contributed by atoms with Crippen LogP contribution in [-0.2, 0) is 16.0 Å².